The van der Waals surface area contributed by atoms with Crippen LogP contribution in [0.1, 0.15) is 26.3 Å². The monoisotopic (exact) mass is 388 g/mol. The molecule has 2 amide bonds. The van der Waals surface area contributed by atoms with Gasteiger partial charge >= 0.3 is 22.5 Å². The van der Waals surface area contributed by atoms with Gasteiger partial charge in [-0.3, -0.25) is 4.55 Å². The Morgan fingerprint density at radius 1 is 1.42 bits per heavy atom. The van der Waals surface area contributed by atoms with Crippen molar-refractivity contribution in [2.24, 2.45) is 0 Å². The van der Waals surface area contributed by atoms with Crippen molar-refractivity contribution in [3.8, 4) is 0 Å². The van der Waals surface area contributed by atoms with E-state index in [1.165, 1.54) is 33.2 Å². The van der Waals surface area contributed by atoms with Crippen LogP contribution in [-0.4, -0.2) is 69.6 Å². The Bertz CT molecular complexity index is 838. The Morgan fingerprint density at radius 3 is 2.54 bits per heavy atom. The fraction of sp³-hybridized carbons (Fsp3) is 0.500. The van der Waals surface area contributed by atoms with Crippen LogP contribution in [0.5, 0.6) is 0 Å². The van der Waals surface area contributed by atoms with Crippen molar-refractivity contribution in [1.82, 2.24) is 20.0 Å². The summed E-state index contributed by atoms with van der Waals surface area (Å²) in [6.45, 7) is 5.77. The highest BCUT2D eigenvalue weighted by molar-refractivity contribution is 7.80. The van der Waals surface area contributed by atoms with E-state index in [9.17, 15) is 18.0 Å². The standard InChI is InChI=1S/C10H10N4O3.C4H10O4S/c15-9-12-8-5-13(9)2-1-7(8)6-3-11-14(4-6)10(16)17;1-4(2,3)8-9(5,6)7/h1,3-4,8H,2,5H2,(H,12,15)(H,16,17);1-3H3,(H,5,6,7). The molecule has 1 unspecified atom stereocenters. The molecular weight excluding hydrogens is 368 g/mol. The number of amides is 2. The topological polar surface area (TPSA) is 151 Å². The molecule has 3 N–H and O–H groups in total. The molecule has 1 aromatic heterocycles. The van der Waals surface area contributed by atoms with E-state index in [1.54, 1.807) is 4.90 Å². The summed E-state index contributed by atoms with van der Waals surface area (Å²) in [6, 6.07) is -0.144. The van der Waals surface area contributed by atoms with E-state index in [4.69, 9.17) is 9.66 Å². The first-order chi connectivity index (χ1) is 11.9. The molecule has 11 nitrogen and oxygen atoms in total. The molecule has 144 valence electrons. The van der Waals surface area contributed by atoms with Gasteiger partial charge in [-0.2, -0.15) is 18.2 Å². The Labute approximate surface area is 150 Å². The van der Waals surface area contributed by atoms with Crippen LogP contribution in [0.25, 0.3) is 5.57 Å². The quantitative estimate of drug-likeness (QED) is 0.629. The van der Waals surface area contributed by atoms with E-state index in [-0.39, 0.29) is 12.1 Å². The highest BCUT2D eigenvalue weighted by Gasteiger charge is 2.34. The molecule has 3 heterocycles. The molecule has 12 heteroatoms. The number of carbonyl (C=O) groups is 2. The average Bonchev–Trinajstić information content (AvgIpc) is 3.03. The van der Waals surface area contributed by atoms with Gasteiger partial charge in [0.15, 0.2) is 0 Å². The predicted octanol–water partition coefficient (Wildman–Crippen LogP) is 0.804. The minimum atomic E-state index is -4.28. The number of nitrogens with one attached hydrogen (secondary N) is 1. The van der Waals surface area contributed by atoms with Crippen LogP contribution in [0.15, 0.2) is 18.5 Å². The van der Waals surface area contributed by atoms with Crippen LogP contribution in [0, 0.1) is 0 Å². The second-order valence-electron chi connectivity index (χ2n) is 6.65. The molecule has 1 aromatic rings. The molecule has 0 saturated carbocycles. The van der Waals surface area contributed by atoms with Gasteiger partial charge in [0.2, 0.25) is 0 Å². The maximum atomic E-state index is 11.4. The lowest BCUT2D eigenvalue weighted by Gasteiger charge is -2.20. The van der Waals surface area contributed by atoms with Crippen LogP contribution < -0.4 is 5.32 Å². The normalized spacial score (nSPS) is 19.4. The predicted molar refractivity (Wildman–Crippen MR) is 89.9 cm³/mol. The molecule has 3 rings (SSSR count). The second kappa shape index (κ2) is 7.05. The maximum absolute atomic E-state index is 11.4. The lowest BCUT2D eigenvalue weighted by atomic mass is 9.99. The molecule has 0 aliphatic carbocycles. The van der Waals surface area contributed by atoms with Crippen LogP contribution in [0.3, 0.4) is 0 Å². The lowest BCUT2D eigenvalue weighted by Crippen LogP contribution is -2.29. The fourth-order valence-corrected chi connectivity index (χ4v) is 3.12. The van der Waals surface area contributed by atoms with E-state index in [0.29, 0.717) is 13.1 Å². The number of fused-ring (bicyclic) bond motifs is 2. The summed E-state index contributed by atoms with van der Waals surface area (Å²) in [5, 5.41) is 15.4. The summed E-state index contributed by atoms with van der Waals surface area (Å²) >= 11 is 0. The molecule has 0 spiro atoms. The van der Waals surface area contributed by atoms with Gasteiger partial charge < -0.3 is 15.3 Å². The first-order valence-electron chi connectivity index (χ1n) is 7.57. The zero-order chi connectivity index (χ0) is 19.7. The van der Waals surface area contributed by atoms with Crippen molar-refractivity contribution in [2.45, 2.75) is 32.4 Å². The van der Waals surface area contributed by atoms with E-state index in [0.717, 1.165) is 15.8 Å². The molecule has 1 saturated heterocycles. The minimum Gasteiger partial charge on any atom is -0.463 e. The highest BCUT2D eigenvalue weighted by Crippen LogP contribution is 2.26. The summed E-state index contributed by atoms with van der Waals surface area (Å²) in [5.74, 6) is 0. The average molecular weight is 388 g/mol. The number of carbonyl (C=O) groups excluding carboxylic acids is 1. The summed E-state index contributed by atoms with van der Waals surface area (Å²) < 4.78 is 33.1. The van der Waals surface area contributed by atoms with Crippen LogP contribution in [0.4, 0.5) is 9.59 Å². The zero-order valence-electron chi connectivity index (χ0n) is 14.4. The largest absolute Gasteiger partial charge is 0.463 e. The second-order valence-corrected chi connectivity index (χ2v) is 7.67. The van der Waals surface area contributed by atoms with Crippen LogP contribution >= 0.6 is 0 Å². The number of hydrogen-bond acceptors (Lipinski definition) is 6. The van der Waals surface area contributed by atoms with Crippen molar-refractivity contribution in [3.63, 3.8) is 0 Å². The third-order valence-electron chi connectivity index (χ3n) is 3.36. The van der Waals surface area contributed by atoms with Crippen molar-refractivity contribution in [2.75, 3.05) is 13.1 Å². The maximum Gasteiger partial charge on any atom is 0.432 e. The van der Waals surface area contributed by atoms with E-state index in [2.05, 4.69) is 14.6 Å². The van der Waals surface area contributed by atoms with Crippen molar-refractivity contribution in [3.05, 3.63) is 24.0 Å². The third kappa shape index (κ3) is 5.28. The minimum absolute atomic E-state index is 0.0669. The number of rotatable bonds is 2. The summed E-state index contributed by atoms with van der Waals surface area (Å²) in [4.78, 5) is 23.8. The number of aromatic nitrogens is 2. The third-order valence-corrected chi connectivity index (χ3v) is 4.07. The number of urea groups is 1. The SMILES string of the molecule is CC(C)(C)OS(=O)(=O)O.O=C1NC2CN1CC=C2c1cnn(C(=O)O)c1. The molecule has 1 fully saturated rings. The van der Waals surface area contributed by atoms with Crippen molar-refractivity contribution >= 4 is 28.1 Å². The lowest BCUT2D eigenvalue weighted by molar-refractivity contribution is 0.119. The molecule has 2 aliphatic heterocycles. The molecular formula is C14H20N4O7S. The highest BCUT2D eigenvalue weighted by atomic mass is 32.3. The molecule has 1 atom stereocenters. The van der Waals surface area contributed by atoms with Gasteiger partial charge in [-0.25, -0.2) is 13.8 Å². The first kappa shape index (κ1) is 19.9. The summed E-state index contributed by atoms with van der Waals surface area (Å²) in [7, 11) is -4.28. The Kier molecular flexibility index (Phi) is 5.39. The van der Waals surface area contributed by atoms with E-state index < -0.39 is 22.1 Å². The van der Waals surface area contributed by atoms with Crippen molar-refractivity contribution < 1.29 is 31.8 Å². The molecule has 26 heavy (non-hydrogen) atoms. The van der Waals surface area contributed by atoms with E-state index >= 15 is 0 Å². The van der Waals surface area contributed by atoms with Crippen molar-refractivity contribution in [1.29, 1.82) is 0 Å². The zero-order valence-corrected chi connectivity index (χ0v) is 15.2. The van der Waals surface area contributed by atoms with Crippen LogP contribution in [-0.2, 0) is 14.6 Å². The molecule has 2 aliphatic rings. The van der Waals surface area contributed by atoms with Gasteiger partial charge in [0.05, 0.1) is 17.8 Å². The van der Waals surface area contributed by atoms with E-state index in [1.807, 2.05) is 6.08 Å². The van der Waals surface area contributed by atoms with Crippen LogP contribution in [0.2, 0.25) is 0 Å². The molecule has 0 aromatic carbocycles. The summed E-state index contributed by atoms with van der Waals surface area (Å²) in [6.07, 6.45) is 3.76. The number of hydrogen-bond donors (Lipinski definition) is 3. The fourth-order valence-electron chi connectivity index (χ4n) is 2.49. The van der Waals surface area contributed by atoms with Gasteiger partial charge in [-0.15, -0.1) is 0 Å². The van der Waals surface area contributed by atoms with Gasteiger partial charge in [-0.05, 0) is 26.3 Å². The Hall–Kier alpha value is -2.44. The Morgan fingerprint density at radius 2 is 2.08 bits per heavy atom. The van der Waals surface area contributed by atoms with Gasteiger partial charge in [0.25, 0.3) is 0 Å². The van der Waals surface area contributed by atoms with Gasteiger partial charge in [0.1, 0.15) is 0 Å². The van der Waals surface area contributed by atoms with Gasteiger partial charge in [0, 0.05) is 24.8 Å². The molecule has 0 radical (unpaired) electrons. The first-order valence-corrected chi connectivity index (χ1v) is 8.94. The summed E-state index contributed by atoms with van der Waals surface area (Å²) in [5.41, 5.74) is 0.812. The Balaban J connectivity index is 0.000000232. The number of nitrogens with zero attached hydrogens (tertiary/aromatic N) is 3. The smallest absolute Gasteiger partial charge is 0.432 e. The number of carboxylic acid groups (broad SMARTS) is 1. The molecule has 2 bridgehead atoms. The van der Waals surface area contributed by atoms with Gasteiger partial charge in [-0.1, -0.05) is 6.08 Å².